The van der Waals surface area contributed by atoms with Gasteiger partial charge in [0.05, 0.1) is 24.2 Å². The van der Waals surface area contributed by atoms with Crippen LogP contribution in [-0.4, -0.2) is 63.1 Å². The topological polar surface area (TPSA) is 140 Å². The van der Waals surface area contributed by atoms with Crippen molar-refractivity contribution >= 4 is 11.7 Å². The second-order valence-electron chi connectivity index (χ2n) is 9.68. The number of allylic oxidation sites excluding steroid dienone is 2. The van der Waals surface area contributed by atoms with Crippen LogP contribution >= 0.6 is 0 Å². The highest BCUT2D eigenvalue weighted by Gasteiger charge is 2.40. The van der Waals surface area contributed by atoms with Gasteiger partial charge in [-0.25, -0.2) is 0 Å². The highest BCUT2D eigenvalue weighted by Crippen LogP contribution is 2.38. The predicted molar refractivity (Wildman–Crippen MR) is 132 cm³/mol. The third kappa shape index (κ3) is 15.4. The summed E-state index contributed by atoms with van der Waals surface area (Å²) in [6.07, 6.45) is 14.6. The first kappa shape index (κ1) is 31.7. The van der Waals surface area contributed by atoms with Gasteiger partial charge in [-0.2, -0.15) is 0 Å². The number of rotatable bonds is 21. The number of Topliss-reactive ketones (excluding diaryl/α,β-unsaturated/α-hetero) is 1. The first-order chi connectivity index (χ1) is 16.8. The Kier molecular flexibility index (Phi) is 17.9. The molecule has 0 heterocycles. The van der Waals surface area contributed by atoms with E-state index < -0.39 is 12.2 Å². The average molecular weight is 501 g/mol. The molecule has 1 aliphatic carbocycles. The van der Waals surface area contributed by atoms with Crippen molar-refractivity contribution in [2.45, 2.75) is 115 Å². The zero-order valence-corrected chi connectivity index (χ0v) is 21.4. The van der Waals surface area contributed by atoms with Gasteiger partial charge >= 0.3 is 0 Å². The molecule has 1 aliphatic rings. The van der Waals surface area contributed by atoms with Crippen molar-refractivity contribution in [2.24, 2.45) is 11.8 Å². The molecule has 0 saturated heterocycles. The van der Waals surface area contributed by atoms with Crippen LogP contribution in [0, 0.1) is 11.8 Å². The fourth-order valence-electron chi connectivity index (χ4n) is 4.73. The third-order valence-electron chi connectivity index (χ3n) is 6.79. The number of amides is 1. The maximum atomic E-state index is 12.2. The van der Waals surface area contributed by atoms with E-state index in [0.29, 0.717) is 57.9 Å². The Bertz CT molecular complexity index is 600. The van der Waals surface area contributed by atoms with Crippen LogP contribution in [0.3, 0.4) is 0 Å². The Morgan fingerprint density at radius 2 is 1.66 bits per heavy atom. The Hall–Kier alpha value is -1.36. The van der Waals surface area contributed by atoms with E-state index >= 15 is 0 Å². The summed E-state index contributed by atoms with van der Waals surface area (Å²) in [6.45, 7) is 2.85. The minimum Gasteiger partial charge on any atom is -0.393 e. The van der Waals surface area contributed by atoms with Crippen LogP contribution in [0.15, 0.2) is 12.2 Å². The van der Waals surface area contributed by atoms with Gasteiger partial charge in [0.15, 0.2) is 0 Å². The SMILES string of the molecule is CCCCCCCC(=O)CC[C@@H]1[C@@H](C/C=C\CCCC(=O)NCCCCON(O)O)[C@@H](O)C[C@H]1O. The number of nitrogens with zero attached hydrogens (tertiary/aromatic N) is 1. The lowest BCUT2D eigenvalue weighted by Gasteiger charge is -2.22. The van der Waals surface area contributed by atoms with Crippen molar-refractivity contribution in [3.05, 3.63) is 12.2 Å². The molecule has 5 N–H and O–H groups in total. The Morgan fingerprint density at radius 3 is 2.40 bits per heavy atom. The van der Waals surface area contributed by atoms with Crippen LogP contribution in [0.5, 0.6) is 0 Å². The lowest BCUT2D eigenvalue weighted by Crippen LogP contribution is -2.24. The molecule has 0 aliphatic heterocycles. The lowest BCUT2D eigenvalue weighted by atomic mass is 9.86. The summed E-state index contributed by atoms with van der Waals surface area (Å²) < 4.78 is 0. The number of aliphatic hydroxyl groups excluding tert-OH is 2. The zero-order chi connectivity index (χ0) is 25.9. The van der Waals surface area contributed by atoms with Gasteiger partial charge in [0.1, 0.15) is 5.78 Å². The fraction of sp³-hybridized carbons (Fsp3) is 0.846. The molecule has 1 saturated carbocycles. The minimum atomic E-state index is -0.553. The third-order valence-corrected chi connectivity index (χ3v) is 6.79. The largest absolute Gasteiger partial charge is 0.393 e. The molecule has 0 bridgehead atoms. The van der Waals surface area contributed by atoms with Crippen LogP contribution < -0.4 is 5.32 Å². The van der Waals surface area contributed by atoms with Gasteiger partial charge in [0, 0.05) is 25.8 Å². The maximum absolute atomic E-state index is 12.2. The van der Waals surface area contributed by atoms with Crippen LogP contribution in [0.2, 0.25) is 0 Å². The summed E-state index contributed by atoms with van der Waals surface area (Å²) in [5, 5.41) is 40.1. The van der Waals surface area contributed by atoms with E-state index in [2.05, 4.69) is 17.1 Å². The van der Waals surface area contributed by atoms with Crippen molar-refractivity contribution < 1.29 is 35.1 Å². The van der Waals surface area contributed by atoms with Crippen molar-refractivity contribution in [1.29, 1.82) is 0 Å². The molecule has 204 valence electrons. The number of ketones is 1. The quantitative estimate of drug-likeness (QED) is 0.0902. The zero-order valence-electron chi connectivity index (χ0n) is 21.4. The molecule has 1 rings (SSSR count). The highest BCUT2D eigenvalue weighted by atomic mass is 17.1. The maximum Gasteiger partial charge on any atom is 0.220 e. The fourth-order valence-corrected chi connectivity index (χ4v) is 4.73. The number of nitrogens with one attached hydrogen (secondary N) is 1. The van der Waals surface area contributed by atoms with E-state index in [9.17, 15) is 19.8 Å². The molecular formula is C26H48N2O7. The van der Waals surface area contributed by atoms with Gasteiger partial charge < -0.3 is 15.5 Å². The molecule has 4 atom stereocenters. The number of hydrogen-bond donors (Lipinski definition) is 5. The summed E-state index contributed by atoms with van der Waals surface area (Å²) in [4.78, 5) is 28.5. The van der Waals surface area contributed by atoms with Crippen LogP contribution in [-0.2, 0) is 14.4 Å². The van der Waals surface area contributed by atoms with Gasteiger partial charge in [-0.3, -0.25) is 24.8 Å². The van der Waals surface area contributed by atoms with E-state index in [-0.39, 0.29) is 35.5 Å². The molecule has 0 aromatic rings. The molecule has 0 spiro atoms. The molecule has 0 aromatic carbocycles. The molecule has 0 radical (unpaired) electrons. The van der Waals surface area contributed by atoms with Gasteiger partial charge in [0.25, 0.3) is 0 Å². The molecule has 9 nitrogen and oxygen atoms in total. The smallest absolute Gasteiger partial charge is 0.220 e. The minimum absolute atomic E-state index is 0.0188. The van der Waals surface area contributed by atoms with E-state index in [1.54, 1.807) is 0 Å². The van der Waals surface area contributed by atoms with Crippen molar-refractivity contribution in [3.63, 3.8) is 0 Å². The van der Waals surface area contributed by atoms with Crippen molar-refractivity contribution in [2.75, 3.05) is 13.2 Å². The average Bonchev–Trinajstić information content (AvgIpc) is 3.08. The standard InChI is InChI=1S/C26H48N2O7/c1-2-3-4-5-8-13-21(29)16-17-23-22(24(30)20-25(23)31)14-9-6-7-10-15-26(32)27-18-11-12-19-35-28(33)34/h6,9,22-25,30-31,33-34H,2-5,7-8,10-20H2,1H3,(H,27,32)/b9-6-/t22-,23-,24+,25-/m1/s1. The number of carbonyl (C=O) groups is 2. The Morgan fingerprint density at radius 1 is 0.914 bits per heavy atom. The number of aliphatic hydroxyl groups is 2. The summed E-state index contributed by atoms with van der Waals surface area (Å²) in [7, 11) is 0. The molecule has 0 unspecified atom stereocenters. The molecule has 1 fully saturated rings. The molecule has 0 aromatic heterocycles. The predicted octanol–water partition coefficient (Wildman–Crippen LogP) is 4.08. The van der Waals surface area contributed by atoms with Gasteiger partial charge in [-0.05, 0) is 63.2 Å². The van der Waals surface area contributed by atoms with Gasteiger partial charge in [-0.1, -0.05) is 44.8 Å². The second kappa shape index (κ2) is 19.8. The first-order valence-electron chi connectivity index (χ1n) is 13.5. The molecular weight excluding hydrogens is 452 g/mol. The number of hydrogen-bond acceptors (Lipinski definition) is 8. The van der Waals surface area contributed by atoms with Crippen LogP contribution in [0.1, 0.15) is 103 Å². The van der Waals surface area contributed by atoms with Crippen LogP contribution in [0.25, 0.3) is 0 Å². The Balaban J connectivity index is 2.19. The lowest BCUT2D eigenvalue weighted by molar-refractivity contribution is -0.492. The molecule has 35 heavy (non-hydrogen) atoms. The molecule has 1 amide bonds. The van der Waals surface area contributed by atoms with E-state index in [1.807, 2.05) is 12.2 Å². The number of carbonyl (C=O) groups excluding carboxylic acids is 2. The first-order valence-corrected chi connectivity index (χ1v) is 13.5. The van der Waals surface area contributed by atoms with Gasteiger partial charge in [0.2, 0.25) is 5.91 Å². The summed E-state index contributed by atoms with van der Waals surface area (Å²) in [5.74, 6) is 0.162. The normalized spacial score (nSPS) is 22.3. The van der Waals surface area contributed by atoms with Gasteiger partial charge in [-0.15, -0.1) is 0 Å². The summed E-state index contributed by atoms with van der Waals surface area (Å²) in [6, 6.07) is 0. The number of unbranched alkanes of at least 4 members (excludes halogenated alkanes) is 6. The van der Waals surface area contributed by atoms with E-state index in [0.717, 1.165) is 25.7 Å². The van der Waals surface area contributed by atoms with Crippen LogP contribution in [0.4, 0.5) is 0 Å². The van der Waals surface area contributed by atoms with E-state index in [1.165, 1.54) is 19.3 Å². The summed E-state index contributed by atoms with van der Waals surface area (Å²) in [5.41, 5.74) is 0. The Labute approximate surface area is 210 Å². The second-order valence-corrected chi connectivity index (χ2v) is 9.68. The van der Waals surface area contributed by atoms with Crippen molar-refractivity contribution in [1.82, 2.24) is 10.7 Å². The molecule has 9 heteroatoms. The summed E-state index contributed by atoms with van der Waals surface area (Å²) >= 11 is 0. The highest BCUT2D eigenvalue weighted by molar-refractivity contribution is 5.78. The monoisotopic (exact) mass is 500 g/mol. The van der Waals surface area contributed by atoms with Crippen molar-refractivity contribution in [3.8, 4) is 0 Å². The van der Waals surface area contributed by atoms with E-state index in [4.69, 9.17) is 10.4 Å².